The van der Waals surface area contributed by atoms with Crippen LogP contribution in [0.5, 0.6) is 11.5 Å². The molecule has 3 nitrogen and oxygen atoms in total. The molecule has 1 heterocycles. The van der Waals surface area contributed by atoms with Crippen molar-refractivity contribution in [2.75, 3.05) is 6.61 Å². The van der Waals surface area contributed by atoms with Gasteiger partial charge in [0.05, 0.1) is 0 Å². The van der Waals surface area contributed by atoms with E-state index in [0.717, 1.165) is 12.1 Å². The molecule has 5 heteroatoms. The van der Waals surface area contributed by atoms with Gasteiger partial charge in [-0.15, -0.1) is 0 Å². The van der Waals surface area contributed by atoms with Crippen LogP contribution in [0.25, 0.3) is 0 Å². The van der Waals surface area contributed by atoms with E-state index in [4.69, 9.17) is 9.47 Å². The third kappa shape index (κ3) is 1.39. The van der Waals surface area contributed by atoms with E-state index < -0.39 is 17.4 Å². The monoisotopic (exact) mass is 202 g/mol. The van der Waals surface area contributed by atoms with Crippen molar-refractivity contribution in [3.05, 3.63) is 23.8 Å². The van der Waals surface area contributed by atoms with Gasteiger partial charge in [-0.3, -0.25) is 0 Å². The average Bonchev–Trinajstić information content (AvgIpc) is 2.10. The van der Waals surface area contributed by atoms with Crippen molar-refractivity contribution in [3.63, 3.8) is 0 Å². The quantitative estimate of drug-likeness (QED) is 0.691. The summed E-state index contributed by atoms with van der Waals surface area (Å²) in [5.41, 5.74) is 0. The van der Waals surface area contributed by atoms with Crippen LogP contribution in [0.2, 0.25) is 0 Å². The summed E-state index contributed by atoms with van der Waals surface area (Å²) >= 11 is 0. The van der Waals surface area contributed by atoms with Gasteiger partial charge >= 0.3 is 0 Å². The first kappa shape index (κ1) is 9.21. The van der Waals surface area contributed by atoms with E-state index in [1.165, 1.54) is 6.92 Å². The van der Waals surface area contributed by atoms with Gasteiger partial charge in [-0.1, -0.05) is 0 Å². The summed E-state index contributed by atoms with van der Waals surface area (Å²) in [5, 5.41) is 9.40. The minimum Gasteiger partial charge on any atom is -0.480 e. The van der Waals surface area contributed by atoms with E-state index >= 15 is 0 Å². The fourth-order valence-electron chi connectivity index (χ4n) is 1.20. The maximum absolute atomic E-state index is 13.1. The van der Waals surface area contributed by atoms with E-state index in [9.17, 15) is 13.9 Å². The standard InChI is InChI=1S/C9H8F2O3/c1-9(12)4-13-7-5(10)2-3-6(11)8(7)14-9/h2-3,12H,4H2,1H3. The van der Waals surface area contributed by atoms with Crippen LogP contribution in [-0.2, 0) is 0 Å². The minimum atomic E-state index is -1.62. The Morgan fingerprint density at radius 3 is 2.50 bits per heavy atom. The lowest BCUT2D eigenvalue weighted by molar-refractivity contribution is -0.162. The Hall–Kier alpha value is -1.36. The Balaban J connectivity index is 2.51. The van der Waals surface area contributed by atoms with E-state index in [1.807, 2.05) is 0 Å². The number of fused-ring (bicyclic) bond motifs is 1. The zero-order valence-corrected chi connectivity index (χ0v) is 7.38. The molecular formula is C9H8F2O3. The van der Waals surface area contributed by atoms with Crippen LogP contribution in [0.3, 0.4) is 0 Å². The first-order valence-corrected chi connectivity index (χ1v) is 4.02. The van der Waals surface area contributed by atoms with Gasteiger partial charge in [-0.2, -0.15) is 0 Å². The molecule has 0 amide bonds. The minimum absolute atomic E-state index is 0.236. The first-order valence-electron chi connectivity index (χ1n) is 4.02. The number of rotatable bonds is 0. The molecule has 1 aliphatic rings. The Morgan fingerprint density at radius 1 is 1.29 bits per heavy atom. The van der Waals surface area contributed by atoms with E-state index in [1.54, 1.807) is 0 Å². The molecule has 0 bridgehead atoms. The van der Waals surface area contributed by atoms with Crippen molar-refractivity contribution >= 4 is 0 Å². The highest BCUT2D eigenvalue weighted by molar-refractivity contribution is 5.43. The lowest BCUT2D eigenvalue weighted by Crippen LogP contribution is -2.42. The molecule has 0 aromatic heterocycles. The highest BCUT2D eigenvalue weighted by Crippen LogP contribution is 2.38. The lowest BCUT2D eigenvalue weighted by Gasteiger charge is -2.30. The summed E-state index contributed by atoms with van der Waals surface area (Å²) < 4.78 is 35.9. The summed E-state index contributed by atoms with van der Waals surface area (Å²) in [5.74, 6) is -3.78. The van der Waals surface area contributed by atoms with Gasteiger partial charge in [-0.05, 0) is 12.1 Å². The van der Waals surface area contributed by atoms with Crippen LogP contribution >= 0.6 is 0 Å². The van der Waals surface area contributed by atoms with Crippen LogP contribution in [-0.4, -0.2) is 17.5 Å². The molecule has 0 radical (unpaired) electrons. The van der Waals surface area contributed by atoms with Crippen molar-refractivity contribution in [1.29, 1.82) is 0 Å². The second-order valence-electron chi connectivity index (χ2n) is 3.25. The van der Waals surface area contributed by atoms with Gasteiger partial charge in [-0.25, -0.2) is 8.78 Å². The SMILES string of the molecule is CC1(O)COc2c(F)ccc(F)c2O1. The number of hydrogen-bond donors (Lipinski definition) is 1. The Labute approximate surface area is 78.9 Å². The molecule has 14 heavy (non-hydrogen) atoms. The fourth-order valence-corrected chi connectivity index (χ4v) is 1.20. The first-order chi connectivity index (χ1) is 6.49. The van der Waals surface area contributed by atoms with Crippen molar-refractivity contribution in [2.45, 2.75) is 12.7 Å². The summed E-state index contributed by atoms with van der Waals surface area (Å²) in [4.78, 5) is 0. The molecule has 76 valence electrons. The van der Waals surface area contributed by atoms with Gasteiger partial charge in [0.1, 0.15) is 0 Å². The Kier molecular flexibility index (Phi) is 1.85. The maximum Gasteiger partial charge on any atom is 0.240 e. The Bertz CT molecular complexity index is 377. The van der Waals surface area contributed by atoms with E-state index in [0.29, 0.717) is 0 Å². The second kappa shape index (κ2) is 2.81. The summed E-state index contributed by atoms with van der Waals surface area (Å²) in [6.07, 6.45) is 0. The molecule has 0 fully saturated rings. The van der Waals surface area contributed by atoms with Crippen molar-refractivity contribution in [3.8, 4) is 11.5 Å². The largest absolute Gasteiger partial charge is 0.480 e. The Morgan fingerprint density at radius 2 is 1.86 bits per heavy atom. The zero-order valence-electron chi connectivity index (χ0n) is 7.38. The average molecular weight is 202 g/mol. The van der Waals surface area contributed by atoms with Crippen molar-refractivity contribution < 1.29 is 23.4 Å². The molecule has 1 unspecified atom stereocenters. The molecule has 2 rings (SSSR count). The summed E-state index contributed by atoms with van der Waals surface area (Å²) in [6.45, 7) is 1.07. The van der Waals surface area contributed by atoms with Crippen LogP contribution < -0.4 is 9.47 Å². The number of hydrogen-bond acceptors (Lipinski definition) is 3. The smallest absolute Gasteiger partial charge is 0.240 e. The number of halogens is 2. The highest BCUT2D eigenvalue weighted by atomic mass is 19.1. The van der Waals surface area contributed by atoms with Gasteiger partial charge < -0.3 is 14.6 Å². The molecule has 0 spiro atoms. The van der Waals surface area contributed by atoms with Gasteiger partial charge in [0.2, 0.25) is 17.3 Å². The highest BCUT2D eigenvalue weighted by Gasteiger charge is 2.34. The van der Waals surface area contributed by atoms with Crippen LogP contribution in [0.4, 0.5) is 8.78 Å². The molecule has 1 aromatic rings. The van der Waals surface area contributed by atoms with E-state index in [2.05, 4.69) is 0 Å². The second-order valence-corrected chi connectivity index (χ2v) is 3.25. The van der Waals surface area contributed by atoms with Crippen LogP contribution in [0.15, 0.2) is 12.1 Å². The molecule has 0 saturated carbocycles. The topological polar surface area (TPSA) is 38.7 Å². The lowest BCUT2D eigenvalue weighted by atomic mass is 10.2. The molecular weight excluding hydrogens is 194 g/mol. The van der Waals surface area contributed by atoms with Gasteiger partial charge in [0.15, 0.2) is 18.2 Å². The fraction of sp³-hybridized carbons (Fsp3) is 0.333. The summed E-state index contributed by atoms with van der Waals surface area (Å²) in [6, 6.07) is 1.86. The predicted molar refractivity (Wildman–Crippen MR) is 43.1 cm³/mol. The molecule has 0 saturated heterocycles. The number of aliphatic hydroxyl groups is 1. The zero-order chi connectivity index (χ0) is 10.3. The number of benzene rings is 1. The third-order valence-corrected chi connectivity index (χ3v) is 1.82. The van der Waals surface area contributed by atoms with E-state index in [-0.39, 0.29) is 18.1 Å². The van der Waals surface area contributed by atoms with Crippen LogP contribution in [0, 0.1) is 11.6 Å². The summed E-state index contributed by atoms with van der Waals surface area (Å²) in [7, 11) is 0. The third-order valence-electron chi connectivity index (χ3n) is 1.82. The normalized spacial score (nSPS) is 24.9. The van der Waals surface area contributed by atoms with Crippen molar-refractivity contribution in [2.24, 2.45) is 0 Å². The molecule has 1 aromatic carbocycles. The molecule has 1 aliphatic heterocycles. The van der Waals surface area contributed by atoms with Crippen molar-refractivity contribution in [1.82, 2.24) is 0 Å². The van der Waals surface area contributed by atoms with Gasteiger partial charge in [0.25, 0.3) is 0 Å². The maximum atomic E-state index is 13.1. The molecule has 0 aliphatic carbocycles. The van der Waals surface area contributed by atoms with Crippen LogP contribution in [0.1, 0.15) is 6.92 Å². The molecule has 1 atom stereocenters. The molecule has 1 N–H and O–H groups in total. The number of ether oxygens (including phenoxy) is 2. The van der Waals surface area contributed by atoms with Gasteiger partial charge in [0, 0.05) is 6.92 Å². The predicted octanol–water partition coefficient (Wildman–Crippen LogP) is 1.44.